The Kier molecular flexibility index (Phi) is 4.30. The molecular weight excluding hydrogens is 328 g/mol. The van der Waals surface area contributed by atoms with Crippen molar-refractivity contribution < 1.29 is 0 Å². The zero-order chi connectivity index (χ0) is 18.1. The van der Waals surface area contributed by atoms with E-state index in [0.29, 0.717) is 0 Å². The topological polar surface area (TPSA) is 92.8 Å². The second-order valence-corrected chi connectivity index (χ2v) is 6.86. The molecule has 0 bridgehead atoms. The predicted molar refractivity (Wildman–Crippen MR) is 100 cm³/mol. The Hall–Kier alpha value is -2.93. The lowest BCUT2D eigenvalue weighted by Gasteiger charge is -2.18. The molecule has 3 N–H and O–H groups in total. The summed E-state index contributed by atoms with van der Waals surface area (Å²) >= 11 is 0. The number of likely N-dealkylation sites (tertiary alicyclic amines) is 1. The Labute approximate surface area is 151 Å². The van der Waals surface area contributed by atoms with Gasteiger partial charge >= 0.3 is 0 Å². The number of hydrogen-bond acceptors (Lipinski definition) is 5. The Morgan fingerprint density at radius 2 is 2.23 bits per heavy atom. The molecule has 7 nitrogen and oxygen atoms in total. The number of H-pyrrole nitrogens is 1. The number of nitrogen functional groups attached to an aromatic ring is 1. The van der Waals surface area contributed by atoms with Crippen LogP contribution in [-0.2, 0) is 6.54 Å². The summed E-state index contributed by atoms with van der Waals surface area (Å²) in [4.78, 5) is 24.9. The molecule has 1 saturated heterocycles. The molecule has 1 unspecified atom stereocenters. The van der Waals surface area contributed by atoms with Gasteiger partial charge in [0.25, 0.3) is 5.56 Å². The molecule has 3 heterocycles. The summed E-state index contributed by atoms with van der Waals surface area (Å²) in [7, 11) is 0. The van der Waals surface area contributed by atoms with E-state index in [1.54, 1.807) is 18.6 Å². The normalized spacial score (nSPS) is 17.7. The molecule has 2 aromatic heterocycles. The van der Waals surface area contributed by atoms with E-state index in [0.717, 1.165) is 37.4 Å². The fourth-order valence-electron chi connectivity index (χ4n) is 3.59. The van der Waals surface area contributed by atoms with E-state index in [4.69, 9.17) is 5.73 Å². The highest BCUT2D eigenvalue weighted by atomic mass is 16.1. The van der Waals surface area contributed by atoms with Gasteiger partial charge in [-0.15, -0.1) is 0 Å². The van der Waals surface area contributed by atoms with Crippen LogP contribution < -0.4 is 11.3 Å². The van der Waals surface area contributed by atoms with Crippen molar-refractivity contribution in [3.05, 3.63) is 70.2 Å². The van der Waals surface area contributed by atoms with Crippen LogP contribution in [0.15, 0.2) is 47.8 Å². The molecule has 0 spiro atoms. The van der Waals surface area contributed by atoms with E-state index in [-0.39, 0.29) is 17.4 Å². The zero-order valence-electron chi connectivity index (χ0n) is 14.7. The van der Waals surface area contributed by atoms with E-state index in [1.165, 1.54) is 11.1 Å². The highest BCUT2D eigenvalue weighted by Crippen LogP contribution is 2.27. The quantitative estimate of drug-likeness (QED) is 0.749. The van der Waals surface area contributed by atoms with E-state index in [9.17, 15) is 4.79 Å². The highest BCUT2D eigenvalue weighted by Gasteiger charge is 2.25. The molecule has 3 aromatic rings. The first-order valence-electron chi connectivity index (χ1n) is 8.75. The van der Waals surface area contributed by atoms with Gasteiger partial charge in [0, 0.05) is 43.2 Å². The van der Waals surface area contributed by atoms with Crippen LogP contribution in [0.5, 0.6) is 0 Å². The number of nitrogens with one attached hydrogen (secondary N) is 1. The lowest BCUT2D eigenvalue weighted by molar-refractivity contribution is 0.325. The van der Waals surface area contributed by atoms with Crippen LogP contribution >= 0.6 is 0 Å². The summed E-state index contributed by atoms with van der Waals surface area (Å²) < 4.78 is 2.01. The molecule has 1 atom stereocenters. The molecule has 0 amide bonds. The molecule has 26 heavy (non-hydrogen) atoms. The second kappa shape index (κ2) is 6.76. The second-order valence-electron chi connectivity index (χ2n) is 6.86. The number of hydrogen-bond donors (Lipinski definition) is 2. The molecule has 1 aliphatic rings. The smallest absolute Gasteiger partial charge is 0.252 e. The van der Waals surface area contributed by atoms with Gasteiger partial charge in [-0.25, -0.2) is 9.97 Å². The van der Waals surface area contributed by atoms with Crippen LogP contribution in [0.25, 0.3) is 5.69 Å². The summed E-state index contributed by atoms with van der Waals surface area (Å²) in [6.45, 7) is 4.91. The van der Waals surface area contributed by atoms with Crippen molar-refractivity contribution in [3.8, 4) is 5.69 Å². The van der Waals surface area contributed by atoms with Crippen molar-refractivity contribution in [3.63, 3.8) is 0 Å². The maximum atomic E-state index is 11.6. The van der Waals surface area contributed by atoms with Crippen LogP contribution in [0.1, 0.15) is 29.2 Å². The number of imidazole rings is 1. The predicted octanol–water partition coefficient (Wildman–Crippen LogP) is 1.84. The minimum Gasteiger partial charge on any atom is -0.369 e. The van der Waals surface area contributed by atoms with Crippen LogP contribution in [-0.4, -0.2) is 37.5 Å². The number of anilines is 1. The summed E-state index contributed by atoms with van der Waals surface area (Å²) in [5.74, 6) is 0.446. The molecule has 0 radical (unpaired) electrons. The number of rotatable bonds is 4. The van der Waals surface area contributed by atoms with Crippen LogP contribution in [0.3, 0.4) is 0 Å². The van der Waals surface area contributed by atoms with Crippen molar-refractivity contribution in [1.29, 1.82) is 0 Å². The Morgan fingerprint density at radius 1 is 1.35 bits per heavy atom. The average molecular weight is 350 g/mol. The third-order valence-electron chi connectivity index (χ3n) is 4.99. The molecule has 134 valence electrons. The van der Waals surface area contributed by atoms with Crippen molar-refractivity contribution in [2.45, 2.75) is 25.8 Å². The molecule has 0 saturated carbocycles. The van der Waals surface area contributed by atoms with E-state index in [1.807, 2.05) is 10.8 Å². The van der Waals surface area contributed by atoms with Crippen molar-refractivity contribution in [2.75, 3.05) is 18.8 Å². The number of aromatic amines is 1. The van der Waals surface area contributed by atoms with Crippen molar-refractivity contribution in [1.82, 2.24) is 24.4 Å². The lowest BCUT2D eigenvalue weighted by atomic mass is 10.0. The lowest BCUT2D eigenvalue weighted by Crippen LogP contribution is -2.21. The number of nitrogens with two attached hydrogens (primary N) is 1. The molecule has 1 fully saturated rings. The van der Waals surface area contributed by atoms with Gasteiger partial charge in [-0.05, 0) is 43.1 Å². The highest BCUT2D eigenvalue weighted by molar-refractivity contribution is 5.40. The Balaban J connectivity index is 1.46. The van der Waals surface area contributed by atoms with E-state index >= 15 is 0 Å². The fraction of sp³-hybridized carbons (Fsp3) is 0.316. The van der Waals surface area contributed by atoms with Gasteiger partial charge < -0.3 is 10.3 Å². The average Bonchev–Trinajstić information content (AvgIpc) is 3.27. The molecule has 1 aromatic carbocycles. The largest absolute Gasteiger partial charge is 0.369 e. The summed E-state index contributed by atoms with van der Waals surface area (Å²) in [5.41, 5.74) is 9.97. The van der Waals surface area contributed by atoms with E-state index < -0.39 is 0 Å². The van der Waals surface area contributed by atoms with Crippen LogP contribution in [0, 0.1) is 6.92 Å². The van der Waals surface area contributed by atoms with Gasteiger partial charge in [0.15, 0.2) is 0 Å². The van der Waals surface area contributed by atoms with Gasteiger partial charge in [0.05, 0.1) is 12.0 Å². The van der Waals surface area contributed by atoms with E-state index in [2.05, 4.69) is 45.0 Å². The van der Waals surface area contributed by atoms with Crippen molar-refractivity contribution >= 4 is 5.95 Å². The standard InChI is InChI=1S/C19H22N6O/c1-13-8-16(25-7-5-21-12-25)3-2-14(13)10-24-6-4-15(11-24)17-9-18(26)23-19(20)22-17/h2-3,5,7-9,12,15H,4,6,10-11H2,1H3,(H3,20,22,23,26). The fourth-order valence-corrected chi connectivity index (χ4v) is 3.59. The first-order chi connectivity index (χ1) is 12.6. The monoisotopic (exact) mass is 350 g/mol. The number of aryl methyl sites for hydroxylation is 1. The Bertz CT molecular complexity index is 962. The molecular formula is C19H22N6O. The first kappa shape index (κ1) is 16.5. The number of benzene rings is 1. The molecule has 1 aliphatic heterocycles. The van der Waals surface area contributed by atoms with Gasteiger partial charge in [-0.1, -0.05) is 6.07 Å². The Morgan fingerprint density at radius 3 is 2.96 bits per heavy atom. The van der Waals surface area contributed by atoms with Gasteiger partial charge in [-0.3, -0.25) is 14.7 Å². The molecule has 0 aliphatic carbocycles. The van der Waals surface area contributed by atoms with Crippen LogP contribution in [0.4, 0.5) is 5.95 Å². The van der Waals surface area contributed by atoms with Gasteiger partial charge in [0.1, 0.15) is 0 Å². The summed E-state index contributed by atoms with van der Waals surface area (Å²) in [6, 6.07) is 8.05. The SMILES string of the molecule is Cc1cc(-n2ccnc2)ccc1CN1CCC(c2cc(=O)[nH]c(N)n2)C1. The van der Waals surface area contributed by atoms with Gasteiger partial charge in [0.2, 0.25) is 5.95 Å². The minimum absolute atomic E-state index is 0.183. The number of aromatic nitrogens is 4. The maximum Gasteiger partial charge on any atom is 0.252 e. The van der Waals surface area contributed by atoms with Crippen molar-refractivity contribution in [2.24, 2.45) is 0 Å². The summed E-state index contributed by atoms with van der Waals surface area (Å²) in [5, 5.41) is 0. The maximum absolute atomic E-state index is 11.6. The number of nitrogens with zero attached hydrogens (tertiary/aromatic N) is 4. The van der Waals surface area contributed by atoms with Gasteiger partial charge in [-0.2, -0.15) is 0 Å². The van der Waals surface area contributed by atoms with Crippen LogP contribution in [0.2, 0.25) is 0 Å². The molecule has 4 rings (SSSR count). The minimum atomic E-state index is -0.183. The first-order valence-corrected chi connectivity index (χ1v) is 8.75. The third kappa shape index (κ3) is 3.39. The third-order valence-corrected chi connectivity index (χ3v) is 4.99. The summed E-state index contributed by atoms with van der Waals surface area (Å²) in [6.07, 6.45) is 6.52. The zero-order valence-corrected chi connectivity index (χ0v) is 14.7. The molecule has 7 heteroatoms.